The van der Waals surface area contributed by atoms with E-state index < -0.39 is 7.05 Å². The summed E-state index contributed by atoms with van der Waals surface area (Å²) in [6.45, 7) is 2.18. The first kappa shape index (κ1) is 31.3. The molecule has 1 aliphatic carbocycles. The highest BCUT2D eigenvalue weighted by molar-refractivity contribution is 6.45. The number of benzene rings is 4. The molecule has 0 aromatic heterocycles. The van der Waals surface area contributed by atoms with Gasteiger partial charge in [0, 0.05) is 35.1 Å². The van der Waals surface area contributed by atoms with E-state index in [0.717, 1.165) is 54.5 Å². The predicted octanol–water partition coefficient (Wildman–Crippen LogP) is 5.55. The van der Waals surface area contributed by atoms with Crippen molar-refractivity contribution in [3.63, 3.8) is 0 Å². The summed E-state index contributed by atoms with van der Waals surface area (Å²) >= 11 is 0. The molecule has 4 aromatic rings. The van der Waals surface area contributed by atoms with Gasteiger partial charge in [-0.25, -0.2) is 0 Å². The number of carbonyl (C=O) groups excluding carboxylic acids is 3. The zero-order valence-corrected chi connectivity index (χ0v) is 26.0. The van der Waals surface area contributed by atoms with Gasteiger partial charge in [-0.05, 0) is 91.0 Å². The molecule has 9 heteroatoms. The van der Waals surface area contributed by atoms with E-state index in [1.54, 1.807) is 31.1 Å². The summed E-state index contributed by atoms with van der Waals surface area (Å²) in [5.41, 5.74) is 5.37. The average Bonchev–Trinajstić information content (AvgIpc) is 3.36. The van der Waals surface area contributed by atoms with Crippen molar-refractivity contribution in [1.82, 2.24) is 10.5 Å². The molecule has 0 radical (unpaired) electrons. The number of nitrogens with zero attached hydrogens (tertiary/aromatic N) is 1. The fourth-order valence-electron chi connectivity index (χ4n) is 7.02. The second kappa shape index (κ2) is 13.7. The lowest BCUT2D eigenvalue weighted by Crippen LogP contribution is -2.50. The topological polar surface area (TPSA) is 111 Å². The maximum Gasteiger partial charge on any atom is 0.374 e. The van der Waals surface area contributed by atoms with Gasteiger partial charge in [-0.1, -0.05) is 73.2 Å². The van der Waals surface area contributed by atoms with Crippen LogP contribution in [-0.2, 0) is 11.2 Å². The molecule has 1 saturated carbocycles. The van der Waals surface area contributed by atoms with Crippen LogP contribution in [0.5, 0.6) is 0 Å². The number of fused-ring (bicyclic) bond motifs is 1. The largest absolute Gasteiger partial charge is 0.437 e. The van der Waals surface area contributed by atoms with Gasteiger partial charge in [-0.2, -0.15) is 0 Å². The lowest BCUT2D eigenvalue weighted by atomic mass is 9.74. The molecule has 8 nitrogen and oxygen atoms in total. The minimum absolute atomic E-state index is 0.00572. The fourth-order valence-corrected chi connectivity index (χ4v) is 7.02. The van der Waals surface area contributed by atoms with Crippen molar-refractivity contribution in [1.29, 1.82) is 0 Å². The maximum absolute atomic E-state index is 14.0. The molecule has 0 saturated heterocycles. The van der Waals surface area contributed by atoms with Gasteiger partial charge < -0.3 is 25.8 Å². The van der Waals surface area contributed by atoms with E-state index in [2.05, 4.69) is 21.9 Å². The van der Waals surface area contributed by atoms with Crippen LogP contribution < -0.4 is 20.8 Å². The summed E-state index contributed by atoms with van der Waals surface area (Å²) in [6, 6.07) is 32.4. The Bertz CT molecular complexity index is 1710. The first-order valence-electron chi connectivity index (χ1n) is 16.0. The highest BCUT2D eigenvalue weighted by Crippen LogP contribution is 2.47. The summed E-state index contributed by atoms with van der Waals surface area (Å²) in [5, 5.41) is 18.5. The highest BCUT2D eigenvalue weighted by Gasteiger charge is 2.46. The van der Waals surface area contributed by atoms with Crippen LogP contribution in [0.4, 0.5) is 11.4 Å². The Labute approximate surface area is 270 Å². The first-order valence-corrected chi connectivity index (χ1v) is 16.0. The minimum Gasteiger partial charge on any atom is -0.437 e. The first-order chi connectivity index (χ1) is 22.3. The third kappa shape index (κ3) is 6.76. The summed E-state index contributed by atoms with van der Waals surface area (Å²) in [6.07, 6.45) is 4.40. The number of nitrogens with one attached hydrogen (secondary N) is 3. The molecule has 4 aromatic carbocycles. The average molecular weight is 615 g/mol. The van der Waals surface area contributed by atoms with Gasteiger partial charge in [0.25, 0.3) is 11.8 Å². The molecule has 1 aliphatic heterocycles. The molecular weight excluding hydrogens is 575 g/mol. The van der Waals surface area contributed by atoms with Gasteiger partial charge in [0.15, 0.2) is 0 Å². The van der Waals surface area contributed by atoms with E-state index in [-0.39, 0.29) is 35.7 Å². The van der Waals surface area contributed by atoms with E-state index in [1.807, 2.05) is 77.7 Å². The van der Waals surface area contributed by atoms with Crippen molar-refractivity contribution >= 4 is 36.1 Å². The molecule has 1 spiro atoms. The van der Waals surface area contributed by atoms with E-state index in [9.17, 15) is 19.4 Å². The Hall–Kier alpha value is -4.73. The Morgan fingerprint density at radius 3 is 2.39 bits per heavy atom. The molecule has 0 bridgehead atoms. The molecule has 6 rings (SSSR count). The number of anilines is 2. The smallest absolute Gasteiger partial charge is 0.374 e. The maximum atomic E-state index is 14.0. The third-order valence-corrected chi connectivity index (χ3v) is 9.35. The van der Waals surface area contributed by atoms with Crippen LogP contribution in [0, 0.1) is 5.41 Å². The Morgan fingerprint density at radius 1 is 0.891 bits per heavy atom. The van der Waals surface area contributed by atoms with Gasteiger partial charge in [-0.3, -0.25) is 14.4 Å². The fraction of sp³-hybridized carbons (Fsp3) is 0.270. The Kier molecular flexibility index (Phi) is 9.33. The van der Waals surface area contributed by atoms with Crippen LogP contribution in [-0.4, -0.2) is 48.9 Å². The van der Waals surface area contributed by atoms with Crippen LogP contribution in [0.1, 0.15) is 52.0 Å². The molecule has 46 heavy (non-hydrogen) atoms. The van der Waals surface area contributed by atoms with Crippen molar-refractivity contribution in [3.8, 4) is 11.1 Å². The van der Waals surface area contributed by atoms with E-state index in [0.29, 0.717) is 23.4 Å². The Balaban J connectivity index is 1.18. The van der Waals surface area contributed by atoms with Crippen LogP contribution in [0.3, 0.4) is 0 Å². The zero-order valence-electron chi connectivity index (χ0n) is 26.0. The molecule has 4 N–H and O–H groups in total. The normalized spacial score (nSPS) is 18.8. The number of amides is 3. The van der Waals surface area contributed by atoms with Crippen LogP contribution >= 0.6 is 0 Å². The SMILES string of the molecule is CB(O)NCC(=O)NC1CCCC12CCN(C(=O)c1ccc(NC(=O)c3ccccc3-c3ccccc3)cc1)c1ccccc1C2. The van der Waals surface area contributed by atoms with Crippen LogP contribution in [0.2, 0.25) is 6.82 Å². The molecule has 2 aliphatic rings. The zero-order chi connectivity index (χ0) is 32.1. The summed E-state index contributed by atoms with van der Waals surface area (Å²) in [5.74, 6) is -0.449. The van der Waals surface area contributed by atoms with Gasteiger partial charge in [-0.15, -0.1) is 0 Å². The van der Waals surface area contributed by atoms with E-state index in [4.69, 9.17) is 0 Å². The molecule has 2 atom stereocenters. The number of rotatable bonds is 8. The van der Waals surface area contributed by atoms with Crippen LogP contribution in [0.15, 0.2) is 103 Å². The van der Waals surface area contributed by atoms with Crippen molar-refractivity contribution in [2.75, 3.05) is 23.3 Å². The summed E-state index contributed by atoms with van der Waals surface area (Å²) < 4.78 is 0. The Morgan fingerprint density at radius 2 is 1.61 bits per heavy atom. The van der Waals surface area contributed by atoms with Gasteiger partial charge in [0.05, 0.1) is 6.54 Å². The number of hydrogen-bond acceptors (Lipinski definition) is 5. The quantitative estimate of drug-likeness (QED) is 0.195. The van der Waals surface area contributed by atoms with E-state index in [1.165, 1.54) is 0 Å². The lowest BCUT2D eigenvalue weighted by Gasteiger charge is -2.35. The van der Waals surface area contributed by atoms with Crippen molar-refractivity contribution in [2.24, 2.45) is 5.41 Å². The lowest BCUT2D eigenvalue weighted by molar-refractivity contribution is -0.121. The summed E-state index contributed by atoms with van der Waals surface area (Å²) in [4.78, 5) is 41.9. The van der Waals surface area contributed by atoms with Gasteiger partial charge in [0.1, 0.15) is 0 Å². The standard InChI is InChI=1S/C37H39BN4O4/c1-38(46)39-25-34(43)41-33-16-9-21-37(33)22-23-42(32-15-8-5-12-28(32)24-37)36(45)27-17-19-29(20-18-27)40-35(44)31-14-7-6-13-30(31)26-10-3-2-4-11-26/h2-8,10-15,17-20,33,39,46H,9,16,21-25H2,1H3,(H,40,44)(H,41,43). The number of para-hydroxylation sites is 1. The predicted molar refractivity (Wildman–Crippen MR) is 183 cm³/mol. The molecule has 234 valence electrons. The molecule has 1 fully saturated rings. The van der Waals surface area contributed by atoms with E-state index >= 15 is 0 Å². The monoisotopic (exact) mass is 614 g/mol. The van der Waals surface area contributed by atoms with Crippen molar-refractivity contribution in [2.45, 2.75) is 45.0 Å². The number of carbonyl (C=O) groups is 3. The van der Waals surface area contributed by atoms with Crippen LogP contribution in [0.25, 0.3) is 11.1 Å². The summed E-state index contributed by atoms with van der Waals surface area (Å²) in [7, 11) is -0.755. The number of hydrogen-bond donors (Lipinski definition) is 4. The third-order valence-electron chi connectivity index (χ3n) is 9.35. The second-order valence-electron chi connectivity index (χ2n) is 12.4. The molecule has 1 heterocycles. The van der Waals surface area contributed by atoms with Gasteiger partial charge >= 0.3 is 7.05 Å². The minimum atomic E-state index is -0.755. The van der Waals surface area contributed by atoms with Crippen molar-refractivity contribution < 1.29 is 19.4 Å². The molecular formula is C37H39BN4O4. The van der Waals surface area contributed by atoms with Crippen molar-refractivity contribution in [3.05, 3.63) is 120 Å². The molecule has 2 unspecified atom stereocenters. The second-order valence-corrected chi connectivity index (χ2v) is 12.4. The molecule has 3 amide bonds. The highest BCUT2D eigenvalue weighted by atomic mass is 16.2. The van der Waals surface area contributed by atoms with Gasteiger partial charge in [0.2, 0.25) is 5.91 Å².